The number of H-pyrrole nitrogens is 1. The van der Waals surface area contributed by atoms with Crippen LogP contribution < -0.4 is 5.73 Å². The highest BCUT2D eigenvalue weighted by molar-refractivity contribution is 6.07. The standard InChI is InChI=1S/C15H19N3O2/c1-3-6-18(7-8-20-2)15(19)13-10-17-14-9-11(16)4-5-12(13)14/h3-5,9-10,17H,1,6-8,16H2,2H3. The van der Waals surface area contributed by atoms with Crippen LogP contribution in [0.4, 0.5) is 5.69 Å². The summed E-state index contributed by atoms with van der Waals surface area (Å²) in [6.45, 7) is 5.20. The molecule has 0 spiro atoms. The van der Waals surface area contributed by atoms with E-state index in [2.05, 4.69) is 11.6 Å². The van der Waals surface area contributed by atoms with Crippen molar-refractivity contribution in [3.8, 4) is 0 Å². The van der Waals surface area contributed by atoms with Crippen molar-refractivity contribution in [1.29, 1.82) is 0 Å². The molecule has 20 heavy (non-hydrogen) atoms. The van der Waals surface area contributed by atoms with Gasteiger partial charge in [-0.15, -0.1) is 6.58 Å². The van der Waals surface area contributed by atoms with Gasteiger partial charge in [-0.3, -0.25) is 4.79 Å². The van der Waals surface area contributed by atoms with Gasteiger partial charge in [-0.25, -0.2) is 0 Å². The van der Waals surface area contributed by atoms with Gasteiger partial charge in [0.25, 0.3) is 5.91 Å². The minimum absolute atomic E-state index is 0.0435. The Kier molecular flexibility index (Phi) is 4.42. The van der Waals surface area contributed by atoms with Crippen LogP contribution in [0.3, 0.4) is 0 Å². The average molecular weight is 273 g/mol. The predicted molar refractivity (Wildman–Crippen MR) is 80.7 cm³/mol. The number of methoxy groups -OCH3 is 1. The van der Waals surface area contributed by atoms with Crippen LogP contribution in [0.5, 0.6) is 0 Å². The molecule has 0 atom stereocenters. The summed E-state index contributed by atoms with van der Waals surface area (Å²) in [6, 6.07) is 5.47. The number of nitrogen functional groups attached to an aromatic ring is 1. The van der Waals surface area contributed by atoms with Crippen molar-refractivity contribution in [3.63, 3.8) is 0 Å². The zero-order valence-electron chi connectivity index (χ0n) is 11.6. The number of aromatic nitrogens is 1. The lowest BCUT2D eigenvalue weighted by molar-refractivity contribution is 0.0720. The first-order valence-corrected chi connectivity index (χ1v) is 6.43. The van der Waals surface area contributed by atoms with Crippen molar-refractivity contribution in [2.75, 3.05) is 32.5 Å². The lowest BCUT2D eigenvalue weighted by Crippen LogP contribution is -2.33. The largest absolute Gasteiger partial charge is 0.399 e. The third kappa shape index (κ3) is 2.83. The lowest BCUT2D eigenvalue weighted by atomic mass is 10.1. The number of nitrogens with zero attached hydrogens (tertiary/aromatic N) is 1. The zero-order valence-corrected chi connectivity index (χ0v) is 11.6. The number of anilines is 1. The number of carbonyl (C=O) groups is 1. The van der Waals surface area contributed by atoms with Gasteiger partial charge in [-0.2, -0.15) is 0 Å². The minimum atomic E-state index is -0.0435. The predicted octanol–water partition coefficient (Wildman–Crippen LogP) is 2.02. The van der Waals surface area contributed by atoms with E-state index in [-0.39, 0.29) is 5.91 Å². The van der Waals surface area contributed by atoms with Crippen molar-refractivity contribution in [2.45, 2.75) is 0 Å². The van der Waals surface area contributed by atoms with Crippen LogP contribution in [0.15, 0.2) is 37.1 Å². The Hall–Kier alpha value is -2.27. The third-order valence-corrected chi connectivity index (χ3v) is 3.14. The maximum Gasteiger partial charge on any atom is 0.256 e. The molecule has 1 aromatic heterocycles. The van der Waals surface area contributed by atoms with Crippen LogP contribution in [-0.4, -0.2) is 42.6 Å². The molecule has 1 amide bonds. The molecule has 0 saturated carbocycles. The Morgan fingerprint density at radius 3 is 3.05 bits per heavy atom. The summed E-state index contributed by atoms with van der Waals surface area (Å²) in [5, 5.41) is 0.871. The fourth-order valence-electron chi connectivity index (χ4n) is 2.12. The number of rotatable bonds is 6. The molecule has 1 heterocycles. The number of hydrogen-bond donors (Lipinski definition) is 2. The van der Waals surface area contributed by atoms with Crippen LogP contribution in [0.2, 0.25) is 0 Å². The van der Waals surface area contributed by atoms with E-state index >= 15 is 0 Å². The highest BCUT2D eigenvalue weighted by Crippen LogP contribution is 2.22. The number of fused-ring (bicyclic) bond motifs is 1. The van der Waals surface area contributed by atoms with E-state index in [9.17, 15) is 4.79 Å². The Morgan fingerprint density at radius 1 is 1.55 bits per heavy atom. The molecule has 0 unspecified atom stereocenters. The molecular formula is C15H19N3O2. The van der Waals surface area contributed by atoms with Crippen LogP contribution >= 0.6 is 0 Å². The summed E-state index contributed by atoms with van der Waals surface area (Å²) < 4.78 is 5.04. The topological polar surface area (TPSA) is 71.3 Å². The van der Waals surface area contributed by atoms with Gasteiger partial charge in [-0.05, 0) is 18.2 Å². The molecule has 0 aliphatic heterocycles. The molecule has 1 aromatic carbocycles. The molecule has 0 saturated heterocycles. The second-order valence-corrected chi connectivity index (χ2v) is 4.54. The maximum absolute atomic E-state index is 12.6. The summed E-state index contributed by atoms with van der Waals surface area (Å²) in [5.74, 6) is -0.0435. The number of amides is 1. The van der Waals surface area contributed by atoms with Gasteiger partial charge in [0.15, 0.2) is 0 Å². The maximum atomic E-state index is 12.6. The van der Waals surface area contributed by atoms with Gasteiger partial charge in [-0.1, -0.05) is 6.08 Å². The van der Waals surface area contributed by atoms with Gasteiger partial charge in [0, 0.05) is 43.0 Å². The van der Waals surface area contributed by atoms with E-state index in [1.807, 2.05) is 12.1 Å². The quantitative estimate of drug-likeness (QED) is 0.625. The SMILES string of the molecule is C=CCN(CCOC)C(=O)c1c[nH]c2cc(N)ccc12. The van der Waals surface area contributed by atoms with Gasteiger partial charge in [0.1, 0.15) is 0 Å². The van der Waals surface area contributed by atoms with Crippen LogP contribution in [-0.2, 0) is 4.74 Å². The van der Waals surface area contributed by atoms with Crippen molar-refractivity contribution < 1.29 is 9.53 Å². The highest BCUT2D eigenvalue weighted by atomic mass is 16.5. The summed E-state index contributed by atoms with van der Waals surface area (Å²) in [7, 11) is 1.62. The molecule has 5 heteroatoms. The van der Waals surface area contributed by atoms with Crippen molar-refractivity contribution >= 4 is 22.5 Å². The number of ether oxygens (including phenoxy) is 1. The van der Waals surface area contributed by atoms with Gasteiger partial charge < -0.3 is 20.4 Å². The highest BCUT2D eigenvalue weighted by Gasteiger charge is 2.18. The molecule has 2 rings (SSSR count). The normalized spacial score (nSPS) is 10.7. The fourth-order valence-corrected chi connectivity index (χ4v) is 2.12. The van der Waals surface area contributed by atoms with Gasteiger partial charge in [0.2, 0.25) is 0 Å². The number of nitrogens with two attached hydrogens (primary N) is 1. The zero-order chi connectivity index (χ0) is 14.5. The van der Waals surface area contributed by atoms with E-state index in [0.29, 0.717) is 30.9 Å². The van der Waals surface area contributed by atoms with Gasteiger partial charge >= 0.3 is 0 Å². The number of aromatic amines is 1. The van der Waals surface area contributed by atoms with Crippen LogP contribution in [0.1, 0.15) is 10.4 Å². The molecule has 0 aliphatic carbocycles. The molecule has 3 N–H and O–H groups in total. The van der Waals surface area contributed by atoms with E-state index in [4.69, 9.17) is 10.5 Å². The first kappa shape index (κ1) is 14.1. The summed E-state index contributed by atoms with van der Waals surface area (Å²) in [4.78, 5) is 17.4. The summed E-state index contributed by atoms with van der Waals surface area (Å²) in [6.07, 6.45) is 3.43. The Bertz CT molecular complexity index is 619. The molecular weight excluding hydrogens is 254 g/mol. The summed E-state index contributed by atoms with van der Waals surface area (Å²) in [5.41, 5.74) is 7.90. The van der Waals surface area contributed by atoms with Crippen molar-refractivity contribution in [2.24, 2.45) is 0 Å². The molecule has 0 fully saturated rings. The lowest BCUT2D eigenvalue weighted by Gasteiger charge is -2.20. The number of carbonyl (C=O) groups excluding carboxylic acids is 1. The average Bonchev–Trinajstić information content (AvgIpc) is 2.85. The first-order valence-electron chi connectivity index (χ1n) is 6.43. The monoisotopic (exact) mass is 273 g/mol. The minimum Gasteiger partial charge on any atom is -0.399 e. The van der Waals surface area contributed by atoms with E-state index < -0.39 is 0 Å². The van der Waals surface area contributed by atoms with E-state index in [0.717, 1.165) is 10.9 Å². The molecule has 2 aromatic rings. The van der Waals surface area contributed by atoms with E-state index in [1.54, 1.807) is 30.3 Å². The van der Waals surface area contributed by atoms with Crippen molar-refractivity contribution in [3.05, 3.63) is 42.6 Å². The second-order valence-electron chi connectivity index (χ2n) is 4.54. The number of hydrogen-bond acceptors (Lipinski definition) is 3. The second kappa shape index (κ2) is 6.25. The van der Waals surface area contributed by atoms with Crippen LogP contribution in [0.25, 0.3) is 10.9 Å². The third-order valence-electron chi connectivity index (χ3n) is 3.14. The molecule has 5 nitrogen and oxygen atoms in total. The molecule has 0 bridgehead atoms. The Morgan fingerprint density at radius 2 is 2.35 bits per heavy atom. The Labute approximate surface area is 118 Å². The smallest absolute Gasteiger partial charge is 0.256 e. The number of benzene rings is 1. The molecule has 106 valence electrons. The fraction of sp³-hybridized carbons (Fsp3) is 0.267. The van der Waals surface area contributed by atoms with Gasteiger partial charge in [0.05, 0.1) is 12.2 Å². The summed E-state index contributed by atoms with van der Waals surface area (Å²) >= 11 is 0. The van der Waals surface area contributed by atoms with Crippen molar-refractivity contribution in [1.82, 2.24) is 9.88 Å². The molecule has 0 aliphatic rings. The van der Waals surface area contributed by atoms with E-state index in [1.165, 1.54) is 0 Å². The first-order chi connectivity index (χ1) is 9.67. The Balaban J connectivity index is 2.30. The van der Waals surface area contributed by atoms with Crippen LogP contribution in [0, 0.1) is 0 Å². The number of nitrogens with one attached hydrogen (secondary N) is 1. The molecule has 0 radical (unpaired) electrons.